The number of anilines is 1. The topological polar surface area (TPSA) is 98.7 Å². The highest BCUT2D eigenvalue weighted by molar-refractivity contribution is 5.90. The average molecular weight is 260 g/mol. The van der Waals surface area contributed by atoms with Gasteiger partial charge >= 0.3 is 0 Å². The summed E-state index contributed by atoms with van der Waals surface area (Å²) in [4.78, 5) is 19.8. The molecule has 0 radical (unpaired) electrons. The summed E-state index contributed by atoms with van der Waals surface area (Å²) >= 11 is 0. The van der Waals surface area contributed by atoms with Crippen molar-refractivity contribution >= 4 is 11.7 Å². The van der Waals surface area contributed by atoms with Crippen LogP contribution in [0.5, 0.6) is 0 Å². The van der Waals surface area contributed by atoms with Gasteiger partial charge in [0.25, 0.3) is 5.91 Å². The lowest BCUT2D eigenvalue weighted by Gasteiger charge is -2.09. The van der Waals surface area contributed by atoms with Crippen molar-refractivity contribution in [2.24, 2.45) is 5.73 Å². The Hall–Kier alpha value is -2.44. The lowest BCUT2D eigenvalue weighted by Crippen LogP contribution is -2.13. The van der Waals surface area contributed by atoms with Gasteiger partial charge in [-0.3, -0.25) is 4.79 Å². The first-order chi connectivity index (χ1) is 9.01. The maximum absolute atomic E-state index is 11.0. The summed E-state index contributed by atoms with van der Waals surface area (Å²) in [6.07, 6.45) is 1.64. The fourth-order valence-corrected chi connectivity index (χ4v) is 1.54. The van der Waals surface area contributed by atoms with Crippen LogP contribution in [0.15, 0.2) is 18.3 Å². The van der Waals surface area contributed by atoms with Gasteiger partial charge in [0.1, 0.15) is 17.3 Å². The van der Waals surface area contributed by atoms with Crippen molar-refractivity contribution in [3.63, 3.8) is 0 Å². The molecule has 2 heterocycles. The van der Waals surface area contributed by atoms with Gasteiger partial charge in [-0.2, -0.15) is 5.10 Å². The number of aromatic nitrogens is 4. The lowest BCUT2D eigenvalue weighted by molar-refractivity contribution is 0.0995. The van der Waals surface area contributed by atoms with Crippen molar-refractivity contribution in [2.45, 2.75) is 19.8 Å². The molecular formula is C12H16N6O. The Balaban J connectivity index is 2.47. The van der Waals surface area contributed by atoms with Crippen LogP contribution >= 0.6 is 0 Å². The Morgan fingerprint density at radius 1 is 1.42 bits per heavy atom. The van der Waals surface area contributed by atoms with E-state index in [-0.39, 0.29) is 11.6 Å². The first-order valence-electron chi connectivity index (χ1n) is 5.94. The highest BCUT2D eigenvalue weighted by atomic mass is 16.1. The van der Waals surface area contributed by atoms with E-state index < -0.39 is 5.91 Å². The highest BCUT2D eigenvalue weighted by Crippen LogP contribution is 2.16. The lowest BCUT2D eigenvalue weighted by atomic mass is 10.2. The first kappa shape index (κ1) is 13.0. The van der Waals surface area contributed by atoms with Crippen molar-refractivity contribution in [1.82, 2.24) is 19.7 Å². The number of nitrogens with two attached hydrogens (primary N) is 1. The van der Waals surface area contributed by atoms with E-state index >= 15 is 0 Å². The van der Waals surface area contributed by atoms with E-state index in [1.54, 1.807) is 25.4 Å². The Morgan fingerprint density at radius 2 is 2.16 bits per heavy atom. The second-order valence-electron chi connectivity index (χ2n) is 4.38. The van der Waals surface area contributed by atoms with Crippen molar-refractivity contribution in [1.29, 1.82) is 0 Å². The zero-order valence-corrected chi connectivity index (χ0v) is 11.1. The predicted molar refractivity (Wildman–Crippen MR) is 71.3 cm³/mol. The number of hydrogen-bond acceptors (Lipinski definition) is 5. The van der Waals surface area contributed by atoms with Crippen LogP contribution in [-0.2, 0) is 0 Å². The Kier molecular flexibility index (Phi) is 3.46. The van der Waals surface area contributed by atoms with Gasteiger partial charge in [-0.15, -0.1) is 0 Å². The molecule has 19 heavy (non-hydrogen) atoms. The number of hydrogen-bond donors (Lipinski definition) is 2. The minimum absolute atomic E-state index is 0.193. The summed E-state index contributed by atoms with van der Waals surface area (Å²) in [6.45, 7) is 4.02. The molecule has 0 spiro atoms. The fraction of sp³-hybridized carbons (Fsp3) is 0.333. The number of carbonyl (C=O) groups is 1. The molecule has 2 aromatic rings. The van der Waals surface area contributed by atoms with Crippen molar-refractivity contribution in [2.75, 3.05) is 12.4 Å². The van der Waals surface area contributed by atoms with E-state index in [9.17, 15) is 4.79 Å². The van der Waals surface area contributed by atoms with Crippen LogP contribution in [0.25, 0.3) is 5.82 Å². The van der Waals surface area contributed by atoms with Crippen LogP contribution in [0.3, 0.4) is 0 Å². The van der Waals surface area contributed by atoms with Gasteiger partial charge in [0.05, 0.1) is 0 Å². The standard InChI is InChI=1S/C12H16N6O/c1-7(2)12-15-9(14-3)6-10(16-12)18-5-4-8(17-18)11(13)19/h4-7H,1-3H3,(H2,13,19)(H,14,15,16). The molecule has 0 fully saturated rings. The third-order valence-corrected chi connectivity index (χ3v) is 2.58. The van der Waals surface area contributed by atoms with Crippen molar-refractivity contribution in [3.05, 3.63) is 29.8 Å². The predicted octanol–water partition coefficient (Wildman–Crippen LogP) is 0.926. The largest absolute Gasteiger partial charge is 0.373 e. The summed E-state index contributed by atoms with van der Waals surface area (Å²) < 4.78 is 1.51. The van der Waals surface area contributed by atoms with Gasteiger partial charge in [0.2, 0.25) is 0 Å². The quantitative estimate of drug-likeness (QED) is 0.851. The number of primary amides is 1. The zero-order chi connectivity index (χ0) is 14.0. The minimum Gasteiger partial charge on any atom is -0.373 e. The zero-order valence-electron chi connectivity index (χ0n) is 11.1. The molecule has 3 N–H and O–H groups in total. The third kappa shape index (κ3) is 2.70. The van der Waals surface area contributed by atoms with Crippen molar-refractivity contribution < 1.29 is 4.79 Å². The number of nitrogens with one attached hydrogen (secondary N) is 1. The molecule has 0 bridgehead atoms. The minimum atomic E-state index is -0.564. The van der Waals surface area contributed by atoms with Crippen LogP contribution in [0.4, 0.5) is 5.82 Å². The molecule has 0 aliphatic heterocycles. The molecule has 0 unspecified atom stereocenters. The molecule has 7 nitrogen and oxygen atoms in total. The van der Waals surface area contributed by atoms with Crippen LogP contribution in [0.1, 0.15) is 36.1 Å². The normalized spacial score (nSPS) is 10.7. The Morgan fingerprint density at radius 3 is 2.68 bits per heavy atom. The van der Waals surface area contributed by atoms with Crippen molar-refractivity contribution in [3.8, 4) is 5.82 Å². The SMILES string of the molecule is CNc1cc(-n2ccc(C(N)=O)n2)nc(C(C)C)n1. The molecule has 0 saturated heterocycles. The fourth-order valence-electron chi connectivity index (χ4n) is 1.54. The molecule has 0 aromatic carbocycles. The molecule has 0 aliphatic rings. The Bertz CT molecular complexity index is 604. The summed E-state index contributed by atoms with van der Waals surface area (Å²) in [7, 11) is 1.79. The number of nitrogens with zero attached hydrogens (tertiary/aromatic N) is 4. The molecule has 100 valence electrons. The molecule has 7 heteroatoms. The van der Waals surface area contributed by atoms with E-state index in [1.165, 1.54) is 4.68 Å². The average Bonchev–Trinajstić information content (AvgIpc) is 2.87. The van der Waals surface area contributed by atoms with E-state index in [0.29, 0.717) is 17.5 Å². The Labute approximate surface area is 110 Å². The molecule has 2 aromatic heterocycles. The summed E-state index contributed by atoms with van der Waals surface area (Å²) in [5.74, 6) is 1.63. The number of carbonyl (C=O) groups excluding carboxylic acids is 1. The van der Waals surface area contributed by atoms with E-state index in [2.05, 4.69) is 20.4 Å². The maximum atomic E-state index is 11.0. The van der Waals surface area contributed by atoms with Crippen LogP contribution in [-0.4, -0.2) is 32.7 Å². The summed E-state index contributed by atoms with van der Waals surface area (Å²) in [5.41, 5.74) is 5.38. The van der Waals surface area contributed by atoms with Gasteiger partial charge in [-0.1, -0.05) is 13.8 Å². The van der Waals surface area contributed by atoms with E-state index in [1.807, 2.05) is 13.8 Å². The second-order valence-corrected chi connectivity index (χ2v) is 4.38. The van der Waals surface area contributed by atoms with E-state index in [0.717, 1.165) is 0 Å². The molecule has 0 saturated carbocycles. The first-order valence-corrected chi connectivity index (χ1v) is 5.94. The number of rotatable bonds is 4. The molecule has 1 amide bonds. The molecular weight excluding hydrogens is 244 g/mol. The van der Waals surface area contributed by atoms with Gasteiger partial charge in [0.15, 0.2) is 5.82 Å². The molecule has 2 rings (SSSR count). The maximum Gasteiger partial charge on any atom is 0.269 e. The molecule has 0 aliphatic carbocycles. The second kappa shape index (κ2) is 5.05. The van der Waals surface area contributed by atoms with Crippen LogP contribution in [0.2, 0.25) is 0 Å². The highest BCUT2D eigenvalue weighted by Gasteiger charge is 2.11. The van der Waals surface area contributed by atoms with Gasteiger partial charge in [-0.05, 0) is 6.07 Å². The third-order valence-electron chi connectivity index (χ3n) is 2.58. The summed E-state index contributed by atoms with van der Waals surface area (Å²) in [5, 5.41) is 7.06. The monoisotopic (exact) mass is 260 g/mol. The van der Waals surface area contributed by atoms with Crippen LogP contribution < -0.4 is 11.1 Å². The van der Waals surface area contributed by atoms with Gasteiger partial charge < -0.3 is 11.1 Å². The summed E-state index contributed by atoms with van der Waals surface area (Å²) in [6, 6.07) is 3.31. The smallest absolute Gasteiger partial charge is 0.269 e. The van der Waals surface area contributed by atoms with Crippen LogP contribution in [0, 0.1) is 0 Å². The number of amides is 1. The molecule has 0 atom stereocenters. The van der Waals surface area contributed by atoms with E-state index in [4.69, 9.17) is 5.73 Å². The van der Waals surface area contributed by atoms with Gasteiger partial charge in [-0.25, -0.2) is 14.6 Å². The van der Waals surface area contributed by atoms with Gasteiger partial charge in [0, 0.05) is 25.2 Å².